The van der Waals surface area contributed by atoms with E-state index in [2.05, 4.69) is 52.2 Å². The zero-order chi connectivity index (χ0) is 87.7. The number of aliphatic carboxylic acids is 2. The van der Waals surface area contributed by atoms with Crippen molar-refractivity contribution in [3.63, 3.8) is 0 Å². The third-order valence-electron chi connectivity index (χ3n) is 22.6. The Morgan fingerprint density at radius 1 is 0.483 bits per heavy atom. The molecule has 2 heterocycles. The van der Waals surface area contributed by atoms with Crippen LogP contribution in [0.25, 0.3) is 0 Å². The number of aliphatic hydroxyl groups is 4. The van der Waals surface area contributed by atoms with Gasteiger partial charge in [-0.1, -0.05) is 311 Å². The van der Waals surface area contributed by atoms with E-state index in [4.69, 9.17) is 42.4 Å². The number of carbonyl (C=O) groups is 8. The van der Waals surface area contributed by atoms with E-state index >= 15 is 9.59 Å². The standard InChI is InChI=1S/C90H165N2O26P.K/c1-7-13-19-25-31-34-40-43-49-55-70(112-79(100)58-52-46-37-28-22-16-10-4)62-76(96)91-69(61-78(98)99)67-110-88-83(92-77(97)63-71(56-50-44-41-35-32-26-20-14-8-2)113-80(101)59-53-47-38-29-23-17-11-5)87(86(118-119(107,108)109)75(115-88)68-111-90(89(105)106)65-73(94)84(104)85(117-90)74(95)66-93)116-82(103)64-72(57-51-45-42-36-33-27-21-15-9-3)114-81(102)60-54-48-39-30-24-18-12-6;/h69-75,83-88,93-95,104H,7-68H2,1-6H3,(H,91,96)(H,92,97)(H,98,99)(H,105,106)(H2,107,108,109);/q;+1/p-1/t69-,70-,71-,72-,73-,74-,75-,83-,84-,85-,86-,87-,88-,90-;/m1./s1. The number of phosphoric ester groups is 1. The summed E-state index contributed by atoms with van der Waals surface area (Å²) in [7, 11) is -5.91. The molecule has 120 heavy (non-hydrogen) atoms. The molecule has 0 aliphatic carbocycles. The van der Waals surface area contributed by atoms with Crippen molar-refractivity contribution < 1.29 is 177 Å². The van der Waals surface area contributed by atoms with E-state index in [9.17, 15) is 73.8 Å². The second-order valence-corrected chi connectivity index (χ2v) is 34.9. The van der Waals surface area contributed by atoms with E-state index in [-0.39, 0.29) is 83.5 Å². The summed E-state index contributed by atoms with van der Waals surface area (Å²) >= 11 is 0. The number of hydrogen-bond acceptors (Lipinski definition) is 23. The summed E-state index contributed by atoms with van der Waals surface area (Å²) in [5, 5.41) is 72.1. The van der Waals surface area contributed by atoms with E-state index in [0.717, 1.165) is 257 Å². The SMILES string of the molecule is CCCCCCCCCCC[C@H](CC(=O)N[C@@H](CO[C@@H]1O[C@H](CO[C@]2(C(=O)O)C[C@@H](O)[C@@H](O)[C@@H]([C@H](O)CO)O2)[C@@H](OP(=O)(O)O)[C@H](OC(=O)C[C@@H](CCCCCCCCCCC)OC(=O)CCCCCCCCC)[C@H]1NC(=O)C[C@@H](CCCCCCCCCCC)OC(=O)CCCCCCCCC)CC(=O)[O-])OC(=O)CCCCCCCCC.[K+]. The van der Waals surface area contributed by atoms with E-state index < -0.39 is 193 Å². The second-order valence-electron chi connectivity index (χ2n) is 33.7. The normalized spacial score (nSPS) is 20.5. The van der Waals surface area contributed by atoms with Gasteiger partial charge in [0.2, 0.25) is 11.8 Å². The van der Waals surface area contributed by atoms with Gasteiger partial charge in [-0.2, -0.15) is 0 Å². The number of unbranched alkanes of at least 4 members (excludes halogenated alkanes) is 42. The van der Waals surface area contributed by atoms with Gasteiger partial charge in [-0.25, -0.2) is 9.36 Å². The molecule has 2 amide bonds. The van der Waals surface area contributed by atoms with E-state index in [1.165, 1.54) is 6.42 Å². The number of carbonyl (C=O) groups excluding carboxylic acids is 7. The van der Waals surface area contributed by atoms with Crippen LogP contribution >= 0.6 is 7.82 Å². The molecular weight excluding hydrogens is 1600 g/mol. The molecule has 30 heteroatoms. The predicted octanol–water partition coefficient (Wildman–Crippen LogP) is 13.0. The molecule has 2 saturated heterocycles. The molecule has 696 valence electrons. The van der Waals surface area contributed by atoms with Gasteiger partial charge in [-0.15, -0.1) is 0 Å². The Balaban J connectivity index is 0.0000720. The molecule has 0 spiro atoms. The first-order valence-electron chi connectivity index (χ1n) is 47.1. The molecule has 28 nitrogen and oxygen atoms in total. The molecule has 2 aliphatic heterocycles. The largest absolute Gasteiger partial charge is 1.00 e. The zero-order valence-corrected chi connectivity index (χ0v) is 79.2. The Hall–Kier alpha value is -2.81. The summed E-state index contributed by atoms with van der Waals surface area (Å²) < 4.78 is 68.3. The monoisotopic (exact) mass is 1760 g/mol. The fraction of sp³-hybridized carbons (Fsp3) is 0.911. The number of hydrogen-bond donors (Lipinski definition) is 9. The summed E-state index contributed by atoms with van der Waals surface area (Å²) in [4.78, 5) is 134. The maximum Gasteiger partial charge on any atom is 1.00 e. The molecule has 0 aromatic heterocycles. The Morgan fingerprint density at radius 2 is 0.833 bits per heavy atom. The second kappa shape index (κ2) is 73.1. The summed E-state index contributed by atoms with van der Waals surface area (Å²) in [6.07, 6.45) is 22.6. The first-order valence-corrected chi connectivity index (χ1v) is 48.6. The van der Waals surface area contributed by atoms with Crippen molar-refractivity contribution in [1.29, 1.82) is 0 Å². The molecule has 14 atom stereocenters. The summed E-state index contributed by atoms with van der Waals surface area (Å²) in [6.45, 7) is 9.61. The number of phosphoric acid groups is 1. The maximum absolute atomic E-state index is 15.3. The Morgan fingerprint density at radius 3 is 1.18 bits per heavy atom. The molecule has 2 aliphatic rings. The van der Waals surface area contributed by atoms with Gasteiger partial charge in [0.1, 0.15) is 54.9 Å². The van der Waals surface area contributed by atoms with Gasteiger partial charge in [0.05, 0.1) is 51.2 Å². The van der Waals surface area contributed by atoms with E-state index in [1.807, 2.05) is 0 Å². The number of nitrogens with one attached hydrogen (secondary N) is 2. The number of ether oxygens (including phenoxy) is 8. The number of rotatable bonds is 79. The minimum atomic E-state index is -5.91. The third-order valence-corrected chi connectivity index (χ3v) is 23.1. The molecule has 0 unspecified atom stereocenters. The summed E-state index contributed by atoms with van der Waals surface area (Å²) in [5.41, 5.74) is 0. The van der Waals surface area contributed by atoms with Gasteiger partial charge < -0.3 is 93.7 Å². The first kappa shape index (κ1) is 115. The van der Waals surface area contributed by atoms with Gasteiger partial charge >= 0.3 is 89.1 Å². The molecule has 2 fully saturated rings. The number of esters is 4. The van der Waals surface area contributed by atoms with Crippen LogP contribution in [0.4, 0.5) is 0 Å². The average molecular weight is 1760 g/mol. The number of carboxylic acid groups (broad SMARTS) is 2. The molecule has 0 saturated carbocycles. The first-order chi connectivity index (χ1) is 57.3. The van der Waals surface area contributed by atoms with Crippen molar-refractivity contribution in [2.24, 2.45) is 0 Å². The Kier molecular flexibility index (Phi) is 70.2. The Bertz CT molecular complexity index is 2700. The van der Waals surface area contributed by atoms with Crippen LogP contribution in [-0.2, 0) is 85.3 Å². The molecule has 0 aromatic carbocycles. The van der Waals surface area contributed by atoms with Crippen LogP contribution in [0.2, 0.25) is 0 Å². The van der Waals surface area contributed by atoms with Crippen LogP contribution in [-0.4, -0.2) is 188 Å². The van der Waals surface area contributed by atoms with Crippen LogP contribution in [0.15, 0.2) is 0 Å². The topological polar surface area (TPSA) is 425 Å². The van der Waals surface area contributed by atoms with Crippen molar-refractivity contribution >= 4 is 55.5 Å². The van der Waals surface area contributed by atoms with Crippen molar-refractivity contribution in [3.05, 3.63) is 0 Å². The van der Waals surface area contributed by atoms with Crippen molar-refractivity contribution in [3.8, 4) is 0 Å². The molecule has 2 rings (SSSR count). The van der Waals surface area contributed by atoms with Crippen LogP contribution in [0, 0.1) is 0 Å². The third kappa shape index (κ3) is 56.4. The minimum Gasteiger partial charge on any atom is -0.550 e. The molecular formula is C90H164KN2O26P. The quantitative estimate of drug-likeness (QED) is 0.00898. The fourth-order valence-electron chi connectivity index (χ4n) is 15.6. The maximum atomic E-state index is 15.3. The Labute approximate surface area is 762 Å². The average Bonchev–Trinajstić information content (AvgIpc) is 0.768. The molecule has 0 radical (unpaired) electrons. The number of carboxylic acids is 2. The van der Waals surface area contributed by atoms with E-state index in [0.29, 0.717) is 51.4 Å². The summed E-state index contributed by atoms with van der Waals surface area (Å²) in [6, 6.07) is -3.56. The van der Waals surface area contributed by atoms with Gasteiger partial charge in [0.15, 0.2) is 12.4 Å². The van der Waals surface area contributed by atoms with Crippen LogP contribution in [0.1, 0.15) is 420 Å². The molecule has 0 bridgehead atoms. The predicted molar refractivity (Wildman–Crippen MR) is 453 cm³/mol. The molecule has 9 N–H and O–H groups in total. The van der Waals surface area contributed by atoms with Crippen molar-refractivity contribution in [2.75, 3.05) is 19.8 Å². The summed E-state index contributed by atoms with van der Waals surface area (Å²) in [5.74, 6) is -11.3. The van der Waals surface area contributed by atoms with Crippen molar-refractivity contribution in [2.45, 2.75) is 506 Å². The van der Waals surface area contributed by atoms with Crippen LogP contribution in [0.3, 0.4) is 0 Å². The zero-order valence-electron chi connectivity index (χ0n) is 75.2. The minimum absolute atomic E-state index is 0. The molecule has 0 aromatic rings. The van der Waals surface area contributed by atoms with E-state index in [1.54, 1.807) is 0 Å². The van der Waals surface area contributed by atoms with Gasteiger partial charge in [0.25, 0.3) is 5.79 Å². The number of aliphatic hydroxyl groups excluding tert-OH is 4. The van der Waals surface area contributed by atoms with Gasteiger partial charge in [0, 0.05) is 38.1 Å². The van der Waals surface area contributed by atoms with Gasteiger partial charge in [-0.3, -0.25) is 33.3 Å². The van der Waals surface area contributed by atoms with Crippen LogP contribution in [0.5, 0.6) is 0 Å². The van der Waals surface area contributed by atoms with Crippen molar-refractivity contribution in [1.82, 2.24) is 10.6 Å². The van der Waals surface area contributed by atoms with Gasteiger partial charge in [-0.05, 0) is 57.8 Å². The smallest absolute Gasteiger partial charge is 0.550 e. The fourth-order valence-corrected chi connectivity index (χ4v) is 16.2. The van der Waals surface area contributed by atoms with Crippen LogP contribution < -0.4 is 67.1 Å². The number of amides is 2.